The standard InChI is InChI=1S/C15H27NO2/c1-11-8-12(2)10-13(9-11)5-7-16-6-3-4-14(16)15(17)18/h11-14H,3-10H2,1-2H3,(H,17,18)/t11-,12-,14-/m1/s1. The van der Waals surface area contributed by atoms with Gasteiger partial charge < -0.3 is 5.11 Å². The predicted molar refractivity (Wildman–Crippen MR) is 72.5 cm³/mol. The van der Waals surface area contributed by atoms with Crippen molar-refractivity contribution in [2.24, 2.45) is 17.8 Å². The fourth-order valence-electron chi connectivity index (χ4n) is 4.07. The fraction of sp³-hybridized carbons (Fsp3) is 0.933. The molecule has 3 atom stereocenters. The van der Waals surface area contributed by atoms with Crippen molar-refractivity contribution in [2.75, 3.05) is 13.1 Å². The minimum Gasteiger partial charge on any atom is -0.480 e. The Bertz CT molecular complexity index is 282. The zero-order valence-corrected chi connectivity index (χ0v) is 11.8. The highest BCUT2D eigenvalue weighted by Crippen LogP contribution is 2.35. The molecule has 1 aliphatic carbocycles. The van der Waals surface area contributed by atoms with Crippen molar-refractivity contribution in [1.82, 2.24) is 4.90 Å². The lowest BCUT2D eigenvalue weighted by molar-refractivity contribution is -0.142. The number of carboxylic acids is 1. The van der Waals surface area contributed by atoms with Crippen LogP contribution in [0, 0.1) is 17.8 Å². The van der Waals surface area contributed by atoms with Gasteiger partial charge in [-0.15, -0.1) is 0 Å². The second-order valence-corrected chi connectivity index (χ2v) is 6.60. The molecule has 3 heteroatoms. The SMILES string of the molecule is C[C@H]1CC(CCN2CCC[C@@H]2C(=O)O)C[C@H](C)C1. The fourth-order valence-corrected chi connectivity index (χ4v) is 4.07. The van der Waals surface area contributed by atoms with E-state index in [1.54, 1.807) is 0 Å². The maximum absolute atomic E-state index is 11.1. The minimum atomic E-state index is -0.627. The first-order valence-corrected chi connectivity index (χ1v) is 7.53. The molecule has 1 saturated carbocycles. The number of likely N-dealkylation sites (tertiary alicyclic amines) is 1. The summed E-state index contributed by atoms with van der Waals surface area (Å²) in [6.07, 6.45) is 7.14. The lowest BCUT2D eigenvalue weighted by Gasteiger charge is -2.33. The molecule has 0 aromatic rings. The van der Waals surface area contributed by atoms with Crippen LogP contribution in [-0.2, 0) is 4.79 Å². The summed E-state index contributed by atoms with van der Waals surface area (Å²) < 4.78 is 0. The Morgan fingerprint density at radius 3 is 2.50 bits per heavy atom. The summed E-state index contributed by atoms with van der Waals surface area (Å²) in [5.74, 6) is 1.90. The summed E-state index contributed by atoms with van der Waals surface area (Å²) in [5, 5.41) is 9.16. The lowest BCUT2D eigenvalue weighted by Crippen LogP contribution is -2.37. The Morgan fingerprint density at radius 1 is 1.22 bits per heavy atom. The number of carbonyl (C=O) groups is 1. The van der Waals surface area contributed by atoms with Gasteiger partial charge in [0.25, 0.3) is 0 Å². The summed E-state index contributed by atoms with van der Waals surface area (Å²) in [6, 6.07) is -0.205. The lowest BCUT2D eigenvalue weighted by atomic mass is 9.75. The predicted octanol–water partition coefficient (Wildman–Crippen LogP) is 3.00. The second-order valence-electron chi connectivity index (χ2n) is 6.60. The van der Waals surface area contributed by atoms with Crippen LogP contribution in [0.2, 0.25) is 0 Å². The Morgan fingerprint density at radius 2 is 1.89 bits per heavy atom. The van der Waals surface area contributed by atoms with E-state index in [-0.39, 0.29) is 6.04 Å². The molecular formula is C15H27NO2. The van der Waals surface area contributed by atoms with Crippen LogP contribution in [0.3, 0.4) is 0 Å². The molecule has 0 aromatic carbocycles. The molecule has 2 rings (SSSR count). The van der Waals surface area contributed by atoms with Crippen molar-refractivity contribution in [3.05, 3.63) is 0 Å². The van der Waals surface area contributed by atoms with E-state index < -0.39 is 5.97 Å². The van der Waals surface area contributed by atoms with Crippen LogP contribution in [0.1, 0.15) is 52.4 Å². The van der Waals surface area contributed by atoms with E-state index >= 15 is 0 Å². The molecule has 0 radical (unpaired) electrons. The average Bonchev–Trinajstić information content (AvgIpc) is 2.73. The Kier molecular flexibility index (Phi) is 4.66. The molecule has 0 bridgehead atoms. The van der Waals surface area contributed by atoms with Gasteiger partial charge in [0.05, 0.1) is 0 Å². The van der Waals surface area contributed by atoms with Crippen molar-refractivity contribution in [2.45, 2.75) is 58.4 Å². The van der Waals surface area contributed by atoms with E-state index in [2.05, 4.69) is 18.7 Å². The summed E-state index contributed by atoms with van der Waals surface area (Å²) in [6.45, 7) is 6.69. The second kappa shape index (κ2) is 6.05. The molecule has 0 amide bonds. The van der Waals surface area contributed by atoms with Gasteiger partial charge in [-0.2, -0.15) is 0 Å². The molecule has 18 heavy (non-hydrogen) atoms. The third-order valence-corrected chi connectivity index (χ3v) is 4.75. The largest absolute Gasteiger partial charge is 0.480 e. The summed E-state index contributed by atoms with van der Waals surface area (Å²) in [7, 11) is 0. The molecule has 3 nitrogen and oxygen atoms in total. The highest BCUT2D eigenvalue weighted by atomic mass is 16.4. The van der Waals surface area contributed by atoms with Crippen LogP contribution in [0.5, 0.6) is 0 Å². The summed E-state index contributed by atoms with van der Waals surface area (Å²) >= 11 is 0. The zero-order chi connectivity index (χ0) is 13.1. The monoisotopic (exact) mass is 253 g/mol. The van der Waals surface area contributed by atoms with Gasteiger partial charge in [0, 0.05) is 0 Å². The summed E-state index contributed by atoms with van der Waals surface area (Å²) in [4.78, 5) is 13.3. The van der Waals surface area contributed by atoms with Crippen LogP contribution in [0.4, 0.5) is 0 Å². The molecule has 1 heterocycles. The topological polar surface area (TPSA) is 40.5 Å². The Balaban J connectivity index is 1.78. The van der Waals surface area contributed by atoms with Gasteiger partial charge in [0.2, 0.25) is 0 Å². The van der Waals surface area contributed by atoms with E-state index in [1.165, 1.54) is 25.7 Å². The van der Waals surface area contributed by atoms with Crippen molar-refractivity contribution in [3.63, 3.8) is 0 Å². The van der Waals surface area contributed by atoms with Crippen LogP contribution < -0.4 is 0 Å². The molecular weight excluding hydrogens is 226 g/mol. The first-order chi connectivity index (χ1) is 8.56. The van der Waals surface area contributed by atoms with E-state index in [1.807, 2.05) is 0 Å². The van der Waals surface area contributed by atoms with Gasteiger partial charge >= 0.3 is 5.97 Å². The Hall–Kier alpha value is -0.570. The van der Waals surface area contributed by atoms with Gasteiger partial charge in [0.15, 0.2) is 0 Å². The van der Waals surface area contributed by atoms with Gasteiger partial charge in [-0.1, -0.05) is 13.8 Å². The zero-order valence-electron chi connectivity index (χ0n) is 11.8. The normalized spacial score (nSPS) is 37.9. The first-order valence-electron chi connectivity index (χ1n) is 7.53. The van der Waals surface area contributed by atoms with Crippen molar-refractivity contribution >= 4 is 5.97 Å². The van der Waals surface area contributed by atoms with E-state index in [0.29, 0.717) is 0 Å². The van der Waals surface area contributed by atoms with Gasteiger partial charge in [-0.3, -0.25) is 9.69 Å². The number of rotatable bonds is 4. The van der Waals surface area contributed by atoms with E-state index in [0.717, 1.165) is 43.7 Å². The minimum absolute atomic E-state index is 0.205. The van der Waals surface area contributed by atoms with E-state index in [9.17, 15) is 4.79 Å². The van der Waals surface area contributed by atoms with Crippen molar-refractivity contribution in [3.8, 4) is 0 Å². The smallest absolute Gasteiger partial charge is 0.320 e. The highest BCUT2D eigenvalue weighted by Gasteiger charge is 2.31. The van der Waals surface area contributed by atoms with Crippen LogP contribution in [0.15, 0.2) is 0 Å². The van der Waals surface area contributed by atoms with Crippen LogP contribution in [-0.4, -0.2) is 35.1 Å². The van der Waals surface area contributed by atoms with Gasteiger partial charge in [-0.05, 0) is 69.4 Å². The van der Waals surface area contributed by atoms with Crippen LogP contribution in [0.25, 0.3) is 0 Å². The molecule has 104 valence electrons. The number of carboxylic acid groups (broad SMARTS) is 1. The molecule has 1 aliphatic heterocycles. The Labute approximate surface area is 111 Å². The average molecular weight is 253 g/mol. The van der Waals surface area contributed by atoms with Gasteiger partial charge in [-0.25, -0.2) is 0 Å². The quantitative estimate of drug-likeness (QED) is 0.837. The maximum Gasteiger partial charge on any atom is 0.320 e. The number of aliphatic carboxylic acids is 1. The third-order valence-electron chi connectivity index (χ3n) is 4.75. The van der Waals surface area contributed by atoms with E-state index in [4.69, 9.17) is 5.11 Å². The van der Waals surface area contributed by atoms with Crippen molar-refractivity contribution < 1.29 is 9.90 Å². The molecule has 1 N–H and O–H groups in total. The number of nitrogens with zero attached hydrogens (tertiary/aromatic N) is 1. The summed E-state index contributed by atoms with van der Waals surface area (Å²) in [5.41, 5.74) is 0. The third kappa shape index (κ3) is 3.47. The van der Waals surface area contributed by atoms with Crippen molar-refractivity contribution in [1.29, 1.82) is 0 Å². The van der Waals surface area contributed by atoms with Crippen LogP contribution >= 0.6 is 0 Å². The highest BCUT2D eigenvalue weighted by molar-refractivity contribution is 5.73. The molecule has 0 unspecified atom stereocenters. The number of hydrogen-bond acceptors (Lipinski definition) is 2. The number of hydrogen-bond donors (Lipinski definition) is 1. The van der Waals surface area contributed by atoms with Gasteiger partial charge in [0.1, 0.15) is 6.04 Å². The molecule has 1 saturated heterocycles. The molecule has 2 aliphatic rings. The molecule has 0 spiro atoms. The molecule has 0 aromatic heterocycles. The molecule has 2 fully saturated rings. The first kappa shape index (κ1) is 13.9. The maximum atomic E-state index is 11.1.